The number of carbonyl (C=O) groups excluding carboxylic acids is 2. The van der Waals surface area contributed by atoms with Crippen LogP contribution >= 0.6 is 0 Å². The van der Waals surface area contributed by atoms with Gasteiger partial charge in [0.2, 0.25) is 0 Å². The van der Waals surface area contributed by atoms with Crippen molar-refractivity contribution in [2.45, 2.75) is 0 Å². The first-order valence-electron chi connectivity index (χ1n) is 8.99. The van der Waals surface area contributed by atoms with Gasteiger partial charge in [0.1, 0.15) is 6.61 Å². The fourth-order valence-electron chi connectivity index (χ4n) is 2.54. The zero-order valence-electron chi connectivity index (χ0n) is 16.9. The van der Waals surface area contributed by atoms with Crippen molar-refractivity contribution in [3.05, 3.63) is 58.1 Å². The Kier molecular flexibility index (Phi) is 7.98. The van der Waals surface area contributed by atoms with Gasteiger partial charge in [0, 0.05) is 26.2 Å². The number of carbonyl (C=O) groups is 2. The number of nitro groups is 1. The highest BCUT2D eigenvalue weighted by atomic mass is 16.6. The molecule has 0 aliphatic rings. The Hall–Kier alpha value is -3.82. The lowest BCUT2D eigenvalue weighted by molar-refractivity contribution is -0.384. The number of nitrogens with zero attached hydrogens (tertiary/aromatic N) is 2. The minimum absolute atomic E-state index is 0.00139. The quantitative estimate of drug-likeness (QED) is 0.270. The van der Waals surface area contributed by atoms with Crippen LogP contribution in [-0.4, -0.2) is 57.8 Å². The second-order valence-electron chi connectivity index (χ2n) is 6.28. The number of non-ortho nitro benzene ring substituents is 1. The highest BCUT2D eigenvalue weighted by Gasteiger charge is 2.20. The Labute approximate surface area is 173 Å². The van der Waals surface area contributed by atoms with E-state index in [4.69, 9.17) is 14.2 Å². The van der Waals surface area contributed by atoms with Gasteiger partial charge in [-0.3, -0.25) is 14.9 Å². The van der Waals surface area contributed by atoms with Gasteiger partial charge in [-0.1, -0.05) is 12.1 Å². The topological polar surface area (TPSA) is 120 Å². The molecule has 0 atom stereocenters. The first-order chi connectivity index (χ1) is 14.3. The number of hydrogen-bond acceptors (Lipinski definition) is 8. The molecule has 2 aromatic carbocycles. The summed E-state index contributed by atoms with van der Waals surface area (Å²) >= 11 is 0. The van der Waals surface area contributed by atoms with Gasteiger partial charge in [0.25, 0.3) is 11.6 Å². The van der Waals surface area contributed by atoms with Gasteiger partial charge >= 0.3 is 5.97 Å². The average Bonchev–Trinajstić information content (AvgIpc) is 2.74. The van der Waals surface area contributed by atoms with Crippen LogP contribution in [0.4, 0.5) is 11.4 Å². The molecule has 0 radical (unpaired) electrons. The molecule has 1 N–H and O–H groups in total. The van der Waals surface area contributed by atoms with Crippen LogP contribution in [0.15, 0.2) is 42.5 Å². The van der Waals surface area contributed by atoms with Gasteiger partial charge in [-0.15, -0.1) is 0 Å². The number of para-hydroxylation sites is 2. The van der Waals surface area contributed by atoms with Gasteiger partial charge in [-0.05, 0) is 18.2 Å². The molecule has 10 nitrogen and oxygen atoms in total. The van der Waals surface area contributed by atoms with Crippen molar-refractivity contribution in [2.75, 3.05) is 45.9 Å². The minimum atomic E-state index is -0.831. The summed E-state index contributed by atoms with van der Waals surface area (Å²) in [6, 6.07) is 11.0. The first kappa shape index (κ1) is 22.5. The predicted octanol–water partition coefficient (Wildman–Crippen LogP) is 2.02. The van der Waals surface area contributed by atoms with Crippen molar-refractivity contribution in [3.63, 3.8) is 0 Å². The van der Waals surface area contributed by atoms with Gasteiger partial charge in [-0.25, -0.2) is 4.79 Å². The van der Waals surface area contributed by atoms with Crippen molar-refractivity contribution < 1.29 is 28.7 Å². The van der Waals surface area contributed by atoms with E-state index in [0.29, 0.717) is 17.2 Å². The van der Waals surface area contributed by atoms with E-state index in [2.05, 4.69) is 5.32 Å². The summed E-state index contributed by atoms with van der Waals surface area (Å²) in [5.41, 5.74) is 0.197. The zero-order chi connectivity index (χ0) is 22.1. The summed E-state index contributed by atoms with van der Waals surface area (Å²) in [5, 5.41) is 13.5. The SMILES string of the molecule is COc1ccccc1OCCNC(=O)COC(=O)c1cc([N+](=O)[O-])ccc1N(C)C. The van der Waals surface area contributed by atoms with Crippen molar-refractivity contribution in [1.82, 2.24) is 5.32 Å². The third kappa shape index (κ3) is 6.09. The number of nitro benzene ring substituents is 1. The van der Waals surface area contributed by atoms with E-state index in [1.807, 2.05) is 6.07 Å². The molecule has 0 spiro atoms. The lowest BCUT2D eigenvalue weighted by Crippen LogP contribution is -2.32. The molecule has 0 unspecified atom stereocenters. The van der Waals surface area contributed by atoms with Crippen LogP contribution in [0.2, 0.25) is 0 Å². The van der Waals surface area contributed by atoms with Crippen LogP contribution in [0.3, 0.4) is 0 Å². The van der Waals surface area contributed by atoms with Crippen molar-refractivity contribution in [1.29, 1.82) is 0 Å². The summed E-state index contributed by atoms with van der Waals surface area (Å²) in [4.78, 5) is 36.2. The summed E-state index contributed by atoms with van der Waals surface area (Å²) in [7, 11) is 4.90. The number of amides is 1. The Morgan fingerprint density at radius 3 is 2.47 bits per heavy atom. The number of ether oxygens (including phenoxy) is 3. The molecule has 0 fully saturated rings. The first-order valence-corrected chi connectivity index (χ1v) is 8.99. The molecule has 2 rings (SSSR count). The number of esters is 1. The summed E-state index contributed by atoms with van der Waals surface area (Å²) in [6.45, 7) is -0.146. The number of rotatable bonds is 10. The molecule has 30 heavy (non-hydrogen) atoms. The van der Waals surface area contributed by atoms with Crippen LogP contribution in [-0.2, 0) is 9.53 Å². The Morgan fingerprint density at radius 1 is 1.13 bits per heavy atom. The van der Waals surface area contributed by atoms with Crippen molar-refractivity contribution in [2.24, 2.45) is 0 Å². The predicted molar refractivity (Wildman–Crippen MR) is 109 cm³/mol. The lowest BCUT2D eigenvalue weighted by atomic mass is 10.1. The molecular formula is C20H23N3O7. The van der Waals surface area contributed by atoms with Crippen LogP contribution < -0.4 is 19.7 Å². The molecule has 160 valence electrons. The lowest BCUT2D eigenvalue weighted by Gasteiger charge is -2.16. The maximum Gasteiger partial charge on any atom is 0.341 e. The molecule has 1 amide bonds. The molecular weight excluding hydrogens is 394 g/mol. The monoisotopic (exact) mass is 417 g/mol. The standard InChI is InChI=1S/C20H23N3O7/c1-22(2)16-9-8-14(23(26)27)12-15(16)20(25)30-13-19(24)21-10-11-29-18-7-5-4-6-17(18)28-3/h4-9,12H,10-11,13H2,1-3H3,(H,21,24). The number of methoxy groups -OCH3 is 1. The average molecular weight is 417 g/mol. The van der Waals surface area contributed by atoms with E-state index in [1.165, 1.54) is 19.2 Å². The maximum atomic E-state index is 12.3. The van der Waals surface area contributed by atoms with E-state index in [9.17, 15) is 19.7 Å². The molecule has 2 aromatic rings. The van der Waals surface area contributed by atoms with E-state index in [-0.39, 0.29) is 24.4 Å². The van der Waals surface area contributed by atoms with Crippen LogP contribution in [0, 0.1) is 10.1 Å². The van der Waals surface area contributed by atoms with Crippen molar-refractivity contribution >= 4 is 23.3 Å². The summed E-state index contributed by atoms with van der Waals surface area (Å²) in [5.74, 6) is -0.236. The maximum absolute atomic E-state index is 12.3. The molecule has 0 aromatic heterocycles. The Bertz CT molecular complexity index is 915. The Morgan fingerprint density at radius 2 is 1.83 bits per heavy atom. The highest BCUT2D eigenvalue weighted by molar-refractivity contribution is 5.97. The zero-order valence-corrected chi connectivity index (χ0v) is 16.9. The summed E-state index contributed by atoms with van der Waals surface area (Å²) < 4.78 is 15.7. The third-order valence-electron chi connectivity index (χ3n) is 3.98. The third-order valence-corrected chi connectivity index (χ3v) is 3.98. The van der Waals surface area contributed by atoms with E-state index in [0.717, 1.165) is 6.07 Å². The number of anilines is 1. The smallest absolute Gasteiger partial charge is 0.341 e. The van der Waals surface area contributed by atoms with Gasteiger partial charge in [0.05, 0.1) is 29.8 Å². The normalized spacial score (nSPS) is 10.1. The molecule has 0 bridgehead atoms. The van der Waals surface area contributed by atoms with Crippen LogP contribution in [0.5, 0.6) is 11.5 Å². The molecule has 0 saturated carbocycles. The van der Waals surface area contributed by atoms with Gasteiger partial charge in [0.15, 0.2) is 18.1 Å². The van der Waals surface area contributed by atoms with Crippen LogP contribution in [0.25, 0.3) is 0 Å². The molecule has 10 heteroatoms. The molecule has 0 saturated heterocycles. The van der Waals surface area contributed by atoms with E-state index in [1.54, 1.807) is 37.2 Å². The fourth-order valence-corrected chi connectivity index (χ4v) is 2.54. The minimum Gasteiger partial charge on any atom is -0.493 e. The second kappa shape index (κ2) is 10.6. The van der Waals surface area contributed by atoms with E-state index < -0.39 is 23.4 Å². The van der Waals surface area contributed by atoms with Crippen molar-refractivity contribution in [3.8, 4) is 11.5 Å². The van der Waals surface area contributed by atoms with Gasteiger partial charge in [-0.2, -0.15) is 0 Å². The molecule has 0 aliphatic carbocycles. The number of benzene rings is 2. The van der Waals surface area contributed by atoms with Crippen LogP contribution in [0.1, 0.15) is 10.4 Å². The summed E-state index contributed by atoms with van der Waals surface area (Å²) in [6.07, 6.45) is 0. The fraction of sp³-hybridized carbons (Fsp3) is 0.300. The van der Waals surface area contributed by atoms with E-state index >= 15 is 0 Å². The number of hydrogen-bond donors (Lipinski definition) is 1. The second-order valence-corrected chi connectivity index (χ2v) is 6.28. The van der Waals surface area contributed by atoms with Gasteiger partial charge < -0.3 is 24.4 Å². The largest absolute Gasteiger partial charge is 0.493 e. The molecule has 0 aliphatic heterocycles. The highest BCUT2D eigenvalue weighted by Crippen LogP contribution is 2.26. The molecule has 0 heterocycles. The number of nitrogens with one attached hydrogen (secondary N) is 1. The Balaban J connectivity index is 1.85.